The minimum atomic E-state index is -0.664. The molecule has 1 aromatic heterocycles. The van der Waals surface area contributed by atoms with Crippen LogP contribution < -0.4 is 4.74 Å². The molecule has 2 aromatic carbocycles. The van der Waals surface area contributed by atoms with E-state index in [0.717, 1.165) is 22.6 Å². The number of rotatable bonds is 9. The quantitative estimate of drug-likeness (QED) is 0.508. The summed E-state index contributed by atoms with van der Waals surface area (Å²) in [6, 6.07) is 16.9. The lowest BCUT2D eigenvalue weighted by Gasteiger charge is -2.25. The standard InChI is InChI=1S/C22H23Cl2NO3/c1-16-4-8-20(9-5-16)28-15-19(26)13-25(14-21-3-2-10-27-21)12-17-6-7-18(23)11-22(17)24/h2-11,19,26H,12-15H2,1H3. The fourth-order valence-electron chi connectivity index (χ4n) is 2.88. The van der Waals surface area contributed by atoms with Crippen LogP contribution in [0.5, 0.6) is 5.75 Å². The van der Waals surface area contributed by atoms with E-state index < -0.39 is 6.10 Å². The Balaban J connectivity index is 1.63. The molecule has 0 amide bonds. The van der Waals surface area contributed by atoms with Crippen molar-refractivity contribution in [1.82, 2.24) is 4.90 Å². The number of hydrogen-bond donors (Lipinski definition) is 1. The Morgan fingerprint density at radius 3 is 2.54 bits per heavy atom. The van der Waals surface area contributed by atoms with Crippen LogP contribution in [-0.4, -0.2) is 29.3 Å². The molecule has 1 unspecified atom stereocenters. The molecule has 148 valence electrons. The van der Waals surface area contributed by atoms with E-state index in [0.29, 0.717) is 29.7 Å². The van der Waals surface area contributed by atoms with Gasteiger partial charge in [0.1, 0.15) is 24.2 Å². The largest absolute Gasteiger partial charge is 0.491 e. The monoisotopic (exact) mass is 419 g/mol. The van der Waals surface area contributed by atoms with E-state index >= 15 is 0 Å². The van der Waals surface area contributed by atoms with Crippen LogP contribution in [0.15, 0.2) is 65.3 Å². The van der Waals surface area contributed by atoms with Crippen molar-refractivity contribution in [3.8, 4) is 5.75 Å². The normalized spacial score (nSPS) is 12.3. The molecule has 0 aliphatic carbocycles. The van der Waals surface area contributed by atoms with Gasteiger partial charge in [-0.15, -0.1) is 0 Å². The maximum absolute atomic E-state index is 10.5. The molecule has 3 aromatic rings. The van der Waals surface area contributed by atoms with Crippen LogP contribution >= 0.6 is 23.2 Å². The molecular formula is C22H23Cl2NO3. The van der Waals surface area contributed by atoms with E-state index in [2.05, 4.69) is 4.90 Å². The highest BCUT2D eigenvalue weighted by atomic mass is 35.5. The van der Waals surface area contributed by atoms with Crippen LogP contribution in [0.3, 0.4) is 0 Å². The van der Waals surface area contributed by atoms with E-state index in [1.807, 2.05) is 55.5 Å². The van der Waals surface area contributed by atoms with Gasteiger partial charge >= 0.3 is 0 Å². The second kappa shape index (κ2) is 9.99. The maximum Gasteiger partial charge on any atom is 0.119 e. The molecule has 0 spiro atoms. The van der Waals surface area contributed by atoms with Gasteiger partial charge in [-0.05, 0) is 48.9 Å². The molecular weight excluding hydrogens is 397 g/mol. The van der Waals surface area contributed by atoms with Crippen LogP contribution in [0, 0.1) is 6.92 Å². The highest BCUT2D eigenvalue weighted by Gasteiger charge is 2.16. The molecule has 0 radical (unpaired) electrons. The van der Waals surface area contributed by atoms with Gasteiger partial charge in [0.15, 0.2) is 0 Å². The van der Waals surface area contributed by atoms with Crippen molar-refractivity contribution in [1.29, 1.82) is 0 Å². The fraction of sp³-hybridized carbons (Fsp3) is 0.273. The van der Waals surface area contributed by atoms with Crippen LogP contribution in [0.1, 0.15) is 16.9 Å². The van der Waals surface area contributed by atoms with Gasteiger partial charge in [0.2, 0.25) is 0 Å². The zero-order chi connectivity index (χ0) is 19.9. The number of furan rings is 1. The van der Waals surface area contributed by atoms with Crippen LogP contribution in [0.25, 0.3) is 0 Å². The molecule has 4 nitrogen and oxygen atoms in total. The second-order valence-electron chi connectivity index (χ2n) is 6.76. The van der Waals surface area contributed by atoms with Crippen molar-refractivity contribution in [3.63, 3.8) is 0 Å². The minimum Gasteiger partial charge on any atom is -0.491 e. The summed E-state index contributed by atoms with van der Waals surface area (Å²) in [5, 5.41) is 11.7. The topological polar surface area (TPSA) is 45.8 Å². The molecule has 1 N–H and O–H groups in total. The lowest BCUT2D eigenvalue weighted by atomic mass is 10.2. The zero-order valence-electron chi connectivity index (χ0n) is 15.6. The summed E-state index contributed by atoms with van der Waals surface area (Å²) in [5.41, 5.74) is 2.10. The number of hydrogen-bond acceptors (Lipinski definition) is 4. The summed E-state index contributed by atoms with van der Waals surface area (Å²) in [4.78, 5) is 2.07. The third-order valence-corrected chi connectivity index (χ3v) is 4.89. The Labute approximate surface area is 175 Å². The SMILES string of the molecule is Cc1ccc(OCC(O)CN(Cc2ccco2)Cc2ccc(Cl)cc2Cl)cc1. The Hall–Kier alpha value is -1.98. The first kappa shape index (κ1) is 20.7. The number of aryl methyl sites for hydroxylation is 1. The van der Waals surface area contributed by atoms with Crippen molar-refractivity contribution in [2.45, 2.75) is 26.1 Å². The molecule has 0 saturated heterocycles. The molecule has 28 heavy (non-hydrogen) atoms. The van der Waals surface area contributed by atoms with Crippen molar-refractivity contribution < 1.29 is 14.3 Å². The van der Waals surface area contributed by atoms with Gasteiger partial charge in [-0.3, -0.25) is 4.90 Å². The molecule has 6 heteroatoms. The van der Waals surface area contributed by atoms with E-state index in [9.17, 15) is 5.11 Å². The van der Waals surface area contributed by atoms with E-state index in [1.54, 1.807) is 12.3 Å². The Bertz CT molecular complexity index is 866. The van der Waals surface area contributed by atoms with Gasteiger partial charge in [-0.25, -0.2) is 0 Å². The molecule has 0 aliphatic rings. The van der Waals surface area contributed by atoms with Gasteiger partial charge < -0.3 is 14.3 Å². The predicted octanol–water partition coefficient (Wildman–Crippen LogP) is 5.34. The van der Waals surface area contributed by atoms with Crippen LogP contribution in [0.2, 0.25) is 10.0 Å². The summed E-state index contributed by atoms with van der Waals surface area (Å²) in [5.74, 6) is 1.56. The first-order valence-electron chi connectivity index (χ1n) is 9.06. The predicted molar refractivity (Wildman–Crippen MR) is 112 cm³/mol. The highest BCUT2D eigenvalue weighted by Crippen LogP contribution is 2.23. The van der Waals surface area contributed by atoms with E-state index in [-0.39, 0.29) is 6.61 Å². The summed E-state index contributed by atoms with van der Waals surface area (Å²) in [6.07, 6.45) is 0.974. The zero-order valence-corrected chi connectivity index (χ0v) is 17.2. The highest BCUT2D eigenvalue weighted by molar-refractivity contribution is 6.35. The number of ether oxygens (including phenoxy) is 1. The number of nitrogens with zero attached hydrogens (tertiary/aromatic N) is 1. The van der Waals surface area contributed by atoms with Gasteiger partial charge in [-0.2, -0.15) is 0 Å². The van der Waals surface area contributed by atoms with Gasteiger partial charge in [0.25, 0.3) is 0 Å². The summed E-state index contributed by atoms with van der Waals surface area (Å²) < 4.78 is 11.2. The van der Waals surface area contributed by atoms with Gasteiger partial charge in [0, 0.05) is 23.1 Å². The second-order valence-corrected chi connectivity index (χ2v) is 7.61. The number of benzene rings is 2. The van der Waals surface area contributed by atoms with Crippen LogP contribution in [-0.2, 0) is 13.1 Å². The average Bonchev–Trinajstić information content (AvgIpc) is 3.16. The lowest BCUT2D eigenvalue weighted by molar-refractivity contribution is 0.0605. The molecule has 0 aliphatic heterocycles. The molecule has 3 rings (SSSR count). The third kappa shape index (κ3) is 6.28. The Morgan fingerprint density at radius 1 is 1.07 bits per heavy atom. The first-order valence-corrected chi connectivity index (χ1v) is 9.81. The first-order chi connectivity index (χ1) is 13.5. The number of halogens is 2. The minimum absolute atomic E-state index is 0.200. The molecule has 1 atom stereocenters. The summed E-state index contributed by atoms with van der Waals surface area (Å²) in [7, 11) is 0. The van der Waals surface area contributed by atoms with Crippen molar-refractivity contribution in [2.24, 2.45) is 0 Å². The lowest BCUT2D eigenvalue weighted by Crippen LogP contribution is -2.35. The van der Waals surface area contributed by atoms with E-state index in [1.165, 1.54) is 0 Å². The van der Waals surface area contributed by atoms with Crippen molar-refractivity contribution in [2.75, 3.05) is 13.2 Å². The Kier molecular flexibility index (Phi) is 7.40. The summed E-state index contributed by atoms with van der Waals surface area (Å²) >= 11 is 12.3. The van der Waals surface area contributed by atoms with E-state index in [4.69, 9.17) is 32.4 Å². The average molecular weight is 420 g/mol. The van der Waals surface area contributed by atoms with Gasteiger partial charge in [0.05, 0.1) is 12.8 Å². The molecule has 1 heterocycles. The molecule has 0 saturated carbocycles. The summed E-state index contributed by atoms with van der Waals surface area (Å²) in [6.45, 7) is 3.73. The van der Waals surface area contributed by atoms with Crippen molar-refractivity contribution in [3.05, 3.63) is 87.8 Å². The maximum atomic E-state index is 10.5. The number of aliphatic hydroxyl groups is 1. The number of aliphatic hydroxyl groups excluding tert-OH is 1. The van der Waals surface area contributed by atoms with Crippen LogP contribution in [0.4, 0.5) is 0 Å². The molecule has 0 bridgehead atoms. The smallest absolute Gasteiger partial charge is 0.119 e. The van der Waals surface area contributed by atoms with Gasteiger partial charge in [-0.1, -0.05) is 47.0 Å². The Morgan fingerprint density at radius 2 is 1.86 bits per heavy atom. The fourth-order valence-corrected chi connectivity index (χ4v) is 3.34. The third-order valence-electron chi connectivity index (χ3n) is 4.30. The molecule has 0 fully saturated rings. The van der Waals surface area contributed by atoms with Crippen molar-refractivity contribution >= 4 is 23.2 Å².